The normalized spacial score (nSPS) is 21.3. The van der Waals surface area contributed by atoms with Crippen molar-refractivity contribution >= 4 is 75.5 Å². The van der Waals surface area contributed by atoms with Gasteiger partial charge in [-0.05, 0) is 43.2 Å². The van der Waals surface area contributed by atoms with Crippen LogP contribution in [0.1, 0.15) is 69.3 Å². The Morgan fingerprint density at radius 2 is 1.46 bits per heavy atom. The van der Waals surface area contributed by atoms with Gasteiger partial charge in [0.05, 0.1) is 50.5 Å². The van der Waals surface area contributed by atoms with Gasteiger partial charge in [-0.15, -0.1) is 0 Å². The number of hydrogen-bond acceptors (Lipinski definition) is 22. The largest absolute Gasteiger partial charge is 0.503 e. The summed E-state index contributed by atoms with van der Waals surface area (Å²) in [5.74, 6) is -2.94. The fourth-order valence-electron chi connectivity index (χ4n) is 7.99. The molecule has 0 radical (unpaired) electrons. The van der Waals surface area contributed by atoms with Gasteiger partial charge in [-0.2, -0.15) is 8.62 Å². The Kier molecular flexibility index (Phi) is 14.7. The molecular weight excluding hydrogens is 1050 g/mol. The number of anilines is 1. The number of unbranched alkanes of at least 4 members (excludes halogenated alkanes) is 3. The lowest BCUT2D eigenvalue weighted by Crippen LogP contribution is -2.34. The molecule has 0 aliphatic carbocycles. The van der Waals surface area contributed by atoms with E-state index < -0.39 is 90.2 Å². The molecule has 1 saturated heterocycles. The Hall–Kier alpha value is -5.18. The van der Waals surface area contributed by atoms with Crippen LogP contribution >= 0.6 is 46.7 Å². The Bertz CT molecular complexity index is 3030. The fourth-order valence-corrected chi connectivity index (χ4v) is 12.0. The summed E-state index contributed by atoms with van der Waals surface area (Å²) in [7, 11) is -14.3. The lowest BCUT2D eigenvalue weighted by atomic mass is 9.77. The van der Waals surface area contributed by atoms with Crippen molar-refractivity contribution in [3.63, 3.8) is 0 Å². The first-order chi connectivity index (χ1) is 33.5. The van der Waals surface area contributed by atoms with E-state index in [2.05, 4.69) is 33.4 Å². The molecule has 0 saturated carbocycles. The predicted molar refractivity (Wildman–Crippen MR) is 241 cm³/mol. The van der Waals surface area contributed by atoms with Crippen molar-refractivity contribution in [3.05, 3.63) is 80.8 Å². The number of hydrogen-bond donors (Lipinski definition) is 9. The van der Waals surface area contributed by atoms with Crippen LogP contribution in [0.15, 0.2) is 43.0 Å². The number of ether oxygens (including phenoxy) is 5. The smallest absolute Gasteiger partial charge is 0.490 e. The van der Waals surface area contributed by atoms with Gasteiger partial charge in [-0.1, -0.05) is 36.0 Å². The highest BCUT2D eigenvalue weighted by molar-refractivity contribution is 7.66. The SMILES string of the molecule is COc1cc2c(c(Cl)c1O)Oc1c(cc(OC)c(O)c1Cl)C21OC(=O)c2ccc(C(=O)NCCCCCCOP(=O)(O)OP(=O)(O)OP(=O)(O)OC[C@H]3O[C@@H](n4cnc5c(N)ncnc54)[C@H](O)[C@@H]3O)cc21. The van der Waals surface area contributed by atoms with E-state index in [1.54, 1.807) is 0 Å². The molecule has 5 heterocycles. The van der Waals surface area contributed by atoms with Crippen molar-refractivity contribution in [2.75, 3.05) is 39.7 Å². The average Bonchev–Trinajstić information content (AvgIpc) is 3.96. The molecule has 8 rings (SSSR count). The highest BCUT2D eigenvalue weighted by atomic mass is 35.5. The maximum absolute atomic E-state index is 13.6. The van der Waals surface area contributed by atoms with Gasteiger partial charge in [-0.25, -0.2) is 33.4 Å². The molecule has 1 amide bonds. The van der Waals surface area contributed by atoms with Crippen molar-refractivity contribution in [2.45, 2.75) is 55.8 Å². The quantitative estimate of drug-likeness (QED) is 0.0307. The van der Waals surface area contributed by atoms with Crippen LogP contribution in [0.3, 0.4) is 0 Å². The Labute approximate surface area is 409 Å². The second-order valence-corrected chi connectivity index (χ2v) is 21.1. The number of nitrogens with zero attached hydrogens (tertiary/aromatic N) is 4. The third-order valence-electron chi connectivity index (χ3n) is 11.3. The molecule has 0 bridgehead atoms. The number of aromatic hydroxyl groups is 2. The van der Waals surface area contributed by atoms with E-state index in [-0.39, 0.29) is 90.8 Å². The minimum Gasteiger partial charge on any atom is -0.503 e. The van der Waals surface area contributed by atoms with Crippen LogP contribution in [0, 0.1) is 0 Å². The number of phosphoric acid groups is 3. The summed E-state index contributed by atoms with van der Waals surface area (Å²) in [5, 5.41) is 44.7. The van der Waals surface area contributed by atoms with Gasteiger partial charge in [-0.3, -0.25) is 18.4 Å². The predicted octanol–water partition coefficient (Wildman–Crippen LogP) is 4.69. The van der Waals surface area contributed by atoms with Crippen molar-refractivity contribution < 1.29 is 99.7 Å². The monoisotopic (exact) mass is 1090 g/mol. The fraction of sp³-hybridized carbons (Fsp3) is 0.359. The number of phenols is 2. The lowest BCUT2D eigenvalue weighted by Gasteiger charge is -2.37. The van der Waals surface area contributed by atoms with Crippen LogP contribution in [0.25, 0.3) is 11.2 Å². The lowest BCUT2D eigenvalue weighted by molar-refractivity contribution is -0.0503. The third-order valence-corrected chi connectivity index (χ3v) is 16.3. The number of carbonyl (C=O) groups excluding carboxylic acids is 2. The molecular formula is C39H41Cl2N6O21P3. The number of aromatic nitrogens is 4. The molecule has 3 aromatic carbocycles. The minimum absolute atomic E-state index is 0.0152. The van der Waals surface area contributed by atoms with Gasteiger partial charge in [0.2, 0.25) is 0 Å². The molecule has 27 nitrogen and oxygen atoms in total. The molecule has 5 aromatic rings. The van der Waals surface area contributed by atoms with Crippen LogP contribution in [-0.2, 0) is 46.4 Å². The first-order valence-corrected chi connectivity index (χ1v) is 26.0. The molecule has 2 aromatic heterocycles. The number of aliphatic hydroxyl groups excluding tert-OH is 2. The number of methoxy groups -OCH3 is 2. The number of fused-ring (bicyclic) bond motifs is 7. The van der Waals surface area contributed by atoms with Crippen LogP contribution in [-0.4, -0.2) is 119 Å². The van der Waals surface area contributed by atoms with Gasteiger partial charge in [0.25, 0.3) is 5.91 Å². The van der Waals surface area contributed by atoms with Gasteiger partial charge in [0.1, 0.15) is 40.2 Å². The van der Waals surface area contributed by atoms with Gasteiger partial charge in [0.15, 0.2) is 57.8 Å². The van der Waals surface area contributed by atoms with Crippen LogP contribution in [0.4, 0.5) is 5.82 Å². The molecule has 3 unspecified atom stereocenters. The van der Waals surface area contributed by atoms with E-state index in [0.29, 0.717) is 19.3 Å². The summed E-state index contributed by atoms with van der Waals surface area (Å²) >= 11 is 13.1. The van der Waals surface area contributed by atoms with E-state index in [1.807, 2.05) is 0 Å². The van der Waals surface area contributed by atoms with Crippen LogP contribution < -0.4 is 25.3 Å². The number of nitrogen functional groups attached to an aromatic ring is 1. The molecule has 7 atom stereocenters. The van der Waals surface area contributed by atoms with Gasteiger partial charge >= 0.3 is 29.4 Å². The molecule has 32 heteroatoms. The maximum atomic E-state index is 13.6. The molecule has 1 spiro atoms. The summed E-state index contributed by atoms with van der Waals surface area (Å²) in [4.78, 5) is 69.1. The first kappa shape index (κ1) is 52.2. The van der Waals surface area contributed by atoms with Crippen LogP contribution in [0.2, 0.25) is 10.0 Å². The van der Waals surface area contributed by atoms with Crippen LogP contribution in [0.5, 0.6) is 34.5 Å². The number of phenolic OH excluding ortho intramolecular Hbond substituents is 2. The van der Waals surface area contributed by atoms with Crippen molar-refractivity contribution in [2.24, 2.45) is 0 Å². The second-order valence-electron chi connectivity index (χ2n) is 15.7. The zero-order chi connectivity index (χ0) is 51.4. The van der Waals surface area contributed by atoms with Gasteiger partial charge in [0, 0.05) is 17.7 Å². The number of nitrogens with one attached hydrogen (secondary N) is 1. The average molecular weight is 1090 g/mol. The number of halogens is 2. The third kappa shape index (κ3) is 10.0. The zero-order valence-corrected chi connectivity index (χ0v) is 40.8. The maximum Gasteiger partial charge on any atom is 0.490 e. The number of phosphoric ester groups is 2. The summed E-state index contributed by atoms with van der Waals surface area (Å²) < 4.78 is 84.7. The number of benzene rings is 3. The van der Waals surface area contributed by atoms with E-state index in [9.17, 15) is 58.4 Å². The van der Waals surface area contributed by atoms with Crippen molar-refractivity contribution in [3.8, 4) is 34.5 Å². The summed E-state index contributed by atoms with van der Waals surface area (Å²) in [6, 6.07) is 6.89. The standard InChI is InChI=1S/C39H41Cl2N6O21P3/c1-60-22-12-20-32(25(40)28(22)48)65-33-21(13-23(61-2)29(49)26(33)41)39(20)19-11-17(7-8-18(19)38(53)66-39)36(52)43-9-5-3-4-6-10-62-69(54,55)67-71(58,59)68-70(56,57)63-14-24-30(50)31(51)37(64-24)47-16-46-27-34(42)44-15-45-35(27)47/h7-8,11-13,15-16,24,30-31,37,48-51H,3-6,9-10,14H2,1-2H3,(H,43,52)(H,54,55)(H,56,57)(H,58,59)(H2,42,44,45)/t24-,30-,31-,37-/m1/s1. The Balaban J connectivity index is 0.819. The number of amides is 1. The Morgan fingerprint density at radius 3 is 2.10 bits per heavy atom. The minimum atomic E-state index is -5.85. The molecule has 3 aliphatic heterocycles. The molecule has 3 aliphatic rings. The number of imidazole rings is 1. The molecule has 71 heavy (non-hydrogen) atoms. The van der Waals surface area contributed by atoms with E-state index >= 15 is 0 Å². The summed E-state index contributed by atoms with van der Waals surface area (Å²) in [6.45, 7) is -1.37. The first-order valence-electron chi connectivity index (χ1n) is 20.7. The van der Waals surface area contributed by atoms with Gasteiger partial charge < -0.3 is 69.8 Å². The highest BCUT2D eigenvalue weighted by Gasteiger charge is 2.56. The summed E-state index contributed by atoms with van der Waals surface area (Å²) in [6.07, 6.45) is -2.70. The number of aliphatic hydroxyl groups is 2. The molecule has 10 N–H and O–H groups in total. The van der Waals surface area contributed by atoms with Crippen molar-refractivity contribution in [1.29, 1.82) is 0 Å². The number of carbonyl (C=O) groups is 2. The number of rotatable bonds is 19. The topological polar surface area (TPSA) is 392 Å². The number of esters is 1. The summed E-state index contributed by atoms with van der Waals surface area (Å²) in [5.41, 5.74) is 4.58. The van der Waals surface area contributed by atoms with E-state index in [4.69, 9.17) is 57.1 Å². The molecule has 382 valence electrons. The van der Waals surface area contributed by atoms with E-state index in [0.717, 1.165) is 6.33 Å². The number of nitrogens with two attached hydrogens (primary N) is 1. The molecule has 1 fully saturated rings. The zero-order valence-electron chi connectivity index (χ0n) is 36.6. The van der Waals surface area contributed by atoms with E-state index in [1.165, 1.54) is 55.4 Å². The second kappa shape index (κ2) is 20.0. The Morgan fingerprint density at radius 1 is 0.845 bits per heavy atom. The highest BCUT2D eigenvalue weighted by Crippen LogP contribution is 2.68. The van der Waals surface area contributed by atoms with Crippen molar-refractivity contribution in [1.82, 2.24) is 24.8 Å².